The molecule has 12 unspecified atom stereocenters. The fourth-order valence-corrected chi connectivity index (χ4v) is 39.8. The summed E-state index contributed by atoms with van der Waals surface area (Å²) in [5, 5.41) is 0. The van der Waals surface area contributed by atoms with Gasteiger partial charge in [-0.3, -0.25) is 28.8 Å². The van der Waals surface area contributed by atoms with Crippen LogP contribution in [0.15, 0.2) is 48.8 Å². The topological polar surface area (TPSA) is 201 Å². The summed E-state index contributed by atoms with van der Waals surface area (Å²) in [4.78, 5) is 99.1. The van der Waals surface area contributed by atoms with Crippen LogP contribution in [0.3, 0.4) is 0 Å². The van der Waals surface area contributed by atoms with Gasteiger partial charge in [-0.1, -0.05) is 182 Å². The molecule has 135 heavy (non-hydrogen) atoms. The van der Waals surface area contributed by atoms with Crippen molar-refractivity contribution < 1.29 is 71.5 Å². The molecule has 0 amide bonds. The van der Waals surface area contributed by atoms with Crippen molar-refractivity contribution >= 4 is 48.4 Å². The van der Waals surface area contributed by atoms with E-state index < -0.39 is 16.2 Å². The summed E-state index contributed by atoms with van der Waals surface area (Å²) in [6, 6.07) is 0. The molecule has 0 aliphatic heterocycles. The summed E-state index contributed by atoms with van der Waals surface area (Å²) in [5.74, 6) is 7.89. The number of carbonyl (C=O) groups is 8. The van der Waals surface area contributed by atoms with Crippen molar-refractivity contribution in [2.24, 2.45) is 186 Å². The standard InChI is InChI=1S/C41H66O5.C40H64O5.C39H62O5/c1-27(2)28-15-21-41(18-12-24-44-10)23-22-39(8)29(35(28)41)13-14-31-38(7)19-17-32(37(5,6)30(38)16-20-40(31,39)9)46-34(43)26-36(3,4)25-33(42)45-11;1-26(2)27-14-20-40(17-11-23-41)22-21-38(8)28(34(27)40)12-13-30-37(7)18-16-31(36(5,6)29(37)15-19-39(30,38)9)45-33(43)25-35(3,4)24-32(42)44-10;1-25(2)26-13-18-39(21-22-40)20-19-37(8)27(33(26)39)11-12-29-36(7)16-15-30(35(5,6)28(36)14-17-38(29,37)9)44-32(42)24-34(3,4)23-31(41)43-10/h12,24,28-32,35H,1,13-23,25-26H2,2-11H3;23,27-31,34H,1,11-22,24-25H2,2-10H3;22,26-30,33H,1,11-21,23-24H2,2-10H3/b24-12+;;/t28-,29?,30?,31?,32-,35?,38-,39+,40+,41+;27-,28?,29?,30?,31-,34?,37-,38+,39+,40+;26-,27?,28?,29?,30-,33?,36-,37+,38+,39+/m000/s1. The van der Waals surface area contributed by atoms with Crippen molar-refractivity contribution in [3.8, 4) is 0 Å². The highest BCUT2D eigenvalue weighted by atomic mass is 16.6. The van der Waals surface area contributed by atoms with Crippen molar-refractivity contribution in [2.45, 2.75) is 441 Å². The number of aldehydes is 2. The molecule has 15 heteroatoms. The van der Waals surface area contributed by atoms with E-state index >= 15 is 0 Å². The molecule has 762 valence electrons. The van der Waals surface area contributed by atoms with Gasteiger partial charge in [-0.2, -0.15) is 0 Å². The molecule has 15 aliphatic carbocycles. The number of esters is 6. The molecule has 15 nitrogen and oxygen atoms in total. The summed E-state index contributed by atoms with van der Waals surface area (Å²) in [5.41, 5.74) is 5.52. The number of methoxy groups -OCH3 is 4. The zero-order valence-corrected chi connectivity index (χ0v) is 90.7. The van der Waals surface area contributed by atoms with Crippen molar-refractivity contribution in [3.05, 3.63) is 48.8 Å². The predicted molar refractivity (Wildman–Crippen MR) is 538 cm³/mol. The molecule has 0 saturated heterocycles. The maximum Gasteiger partial charge on any atom is 0.306 e. The summed E-state index contributed by atoms with van der Waals surface area (Å²) >= 11 is 0. The van der Waals surface area contributed by atoms with Crippen LogP contribution in [-0.2, 0) is 71.5 Å². The number of allylic oxidation sites excluding steroid dienone is 4. The number of ether oxygens (including phenoxy) is 7. The Morgan fingerprint density at radius 2 is 0.593 bits per heavy atom. The Labute approximate surface area is 819 Å². The van der Waals surface area contributed by atoms with Crippen molar-refractivity contribution in [3.63, 3.8) is 0 Å². The van der Waals surface area contributed by atoms with Gasteiger partial charge in [0.25, 0.3) is 0 Å². The molecule has 15 aliphatic rings. The van der Waals surface area contributed by atoms with Crippen LogP contribution in [0.4, 0.5) is 0 Å². The van der Waals surface area contributed by atoms with Gasteiger partial charge in [0.2, 0.25) is 0 Å². The van der Waals surface area contributed by atoms with Gasteiger partial charge in [-0.25, -0.2) is 0 Å². The summed E-state index contributed by atoms with van der Waals surface area (Å²) < 4.78 is 38.9. The Morgan fingerprint density at radius 1 is 0.311 bits per heavy atom. The third-order valence-corrected chi connectivity index (χ3v) is 46.8. The highest BCUT2D eigenvalue weighted by Gasteiger charge is 2.76. The first-order valence-electron chi connectivity index (χ1n) is 54.5. The highest BCUT2D eigenvalue weighted by molar-refractivity contribution is 5.76. The SMILES string of the molecule is C=C(C)[C@@H]1CC[C@]2(C/C=C/OC)CC[C@]3(C)C(CCC4[C@@]5(C)CC[C@H](OC(=O)CC(C)(C)CC(=O)OC)C(C)(C)C5CC[C@]43C)C12.C=C(C)[C@@H]1CC[C@]2(CC=O)CC[C@]3(C)C(CCC4[C@@]5(C)CC[C@H](OC(=O)CC(C)(C)CC(=O)OC)C(C)(C)C5CC[C@]43C)C12.C=C(C)[C@@H]1CC[C@]2(CCC=O)CC[C@]3(C)C(CCC4[C@@]5(C)CC[C@H](OC(=O)CC(C)(C)CC(=O)OC)C(C)(C)C5CC[C@]43C)C12. The molecule has 0 radical (unpaired) electrons. The molecular weight excluding hydrogens is 1680 g/mol. The average molecular weight is 1870 g/mol. The lowest BCUT2D eigenvalue weighted by Crippen LogP contribution is -2.66. The van der Waals surface area contributed by atoms with Gasteiger partial charge in [-0.05, 0) is 402 Å². The van der Waals surface area contributed by atoms with E-state index in [1.807, 2.05) is 47.8 Å². The van der Waals surface area contributed by atoms with Gasteiger partial charge in [0, 0.05) is 29.1 Å². The second-order valence-electron chi connectivity index (χ2n) is 55.8. The quantitative estimate of drug-likeness (QED) is 0.0260. The van der Waals surface area contributed by atoms with Crippen molar-refractivity contribution in [1.82, 2.24) is 0 Å². The largest absolute Gasteiger partial charge is 0.505 e. The molecule has 0 spiro atoms. The van der Waals surface area contributed by atoms with Crippen molar-refractivity contribution in [1.29, 1.82) is 0 Å². The van der Waals surface area contributed by atoms with Crippen LogP contribution in [0, 0.1) is 186 Å². The molecule has 15 rings (SSSR count). The first-order chi connectivity index (χ1) is 62.7. The summed E-state index contributed by atoms with van der Waals surface area (Å²) in [6.07, 6.45) is 47.5. The zero-order chi connectivity index (χ0) is 99.7. The maximum atomic E-state index is 13.3. The maximum absolute atomic E-state index is 13.3. The fourth-order valence-electron chi connectivity index (χ4n) is 39.8. The summed E-state index contributed by atoms with van der Waals surface area (Å²) in [6.45, 7) is 70.1. The van der Waals surface area contributed by atoms with Crippen LogP contribution in [0.1, 0.15) is 423 Å². The molecule has 0 aromatic heterocycles. The Kier molecular flexibility index (Phi) is 30.4. The van der Waals surface area contributed by atoms with Crippen LogP contribution < -0.4 is 0 Å². The van der Waals surface area contributed by atoms with E-state index in [-0.39, 0.29) is 152 Å². The Bertz CT molecular complexity index is 4440. The zero-order valence-electron chi connectivity index (χ0n) is 90.7. The van der Waals surface area contributed by atoms with Crippen LogP contribution in [0.25, 0.3) is 0 Å². The molecule has 30 atom stereocenters. The van der Waals surface area contributed by atoms with Gasteiger partial charge >= 0.3 is 35.8 Å². The van der Waals surface area contributed by atoms with Crippen LogP contribution in [-0.4, -0.2) is 95.1 Å². The molecule has 0 aromatic carbocycles. The van der Waals surface area contributed by atoms with E-state index in [0.717, 1.165) is 70.0 Å². The second-order valence-corrected chi connectivity index (χ2v) is 55.8. The lowest BCUT2D eigenvalue weighted by atomic mass is 9.32. The fraction of sp³-hybridized carbons (Fsp3) is 0.867. The highest BCUT2D eigenvalue weighted by Crippen LogP contribution is 2.83. The Balaban J connectivity index is 0.000000172. The van der Waals surface area contributed by atoms with Gasteiger partial charge in [0.05, 0.1) is 73.2 Å². The summed E-state index contributed by atoms with van der Waals surface area (Å²) in [7, 11) is 5.95. The lowest BCUT2D eigenvalue weighted by Gasteiger charge is -2.73. The number of hydrogen-bond acceptors (Lipinski definition) is 15. The van der Waals surface area contributed by atoms with E-state index in [0.29, 0.717) is 111 Å². The first-order valence-corrected chi connectivity index (χ1v) is 54.5. The van der Waals surface area contributed by atoms with Crippen molar-refractivity contribution in [2.75, 3.05) is 28.4 Å². The second kappa shape index (κ2) is 38.2. The average Bonchev–Trinajstić information content (AvgIpc) is 1.66. The molecular formula is C120H192O15. The Hall–Kier alpha value is -5.08. The first kappa shape index (κ1) is 107. The number of carbonyl (C=O) groups excluding carboxylic acids is 8. The molecule has 0 bridgehead atoms. The monoisotopic (exact) mass is 1870 g/mol. The van der Waals surface area contributed by atoms with E-state index in [4.69, 9.17) is 33.2 Å². The van der Waals surface area contributed by atoms with Gasteiger partial charge in [0.1, 0.15) is 30.9 Å². The molecule has 0 aromatic rings. The number of hydrogen-bond donors (Lipinski definition) is 0. The minimum atomic E-state index is -0.496. The van der Waals surface area contributed by atoms with E-state index in [9.17, 15) is 38.4 Å². The minimum Gasteiger partial charge on any atom is -0.505 e. The van der Waals surface area contributed by atoms with Gasteiger partial charge in [0.15, 0.2) is 0 Å². The Morgan fingerprint density at radius 3 is 0.874 bits per heavy atom. The number of rotatable bonds is 26. The van der Waals surface area contributed by atoms with Gasteiger partial charge in [-0.15, -0.1) is 0 Å². The number of fused-ring (bicyclic) bond motifs is 21. The van der Waals surface area contributed by atoms with Gasteiger partial charge < -0.3 is 42.7 Å². The van der Waals surface area contributed by atoms with Crippen LogP contribution in [0.5, 0.6) is 0 Å². The third kappa shape index (κ3) is 18.3. The normalized spacial score (nSPS) is 43.6. The van der Waals surface area contributed by atoms with E-state index in [2.05, 4.69) is 150 Å². The smallest absolute Gasteiger partial charge is 0.306 e. The third-order valence-electron chi connectivity index (χ3n) is 46.8. The molecule has 0 N–H and O–H groups in total. The van der Waals surface area contributed by atoms with E-state index in [1.54, 1.807) is 7.11 Å². The van der Waals surface area contributed by atoms with Crippen LogP contribution >= 0.6 is 0 Å². The molecule has 15 saturated carbocycles. The predicted octanol–water partition coefficient (Wildman–Crippen LogP) is 28.7. The minimum absolute atomic E-state index is 0.0893. The molecule has 0 heterocycles. The lowest BCUT2D eigenvalue weighted by molar-refractivity contribution is -0.250. The van der Waals surface area contributed by atoms with E-state index in [1.165, 1.54) is 198 Å². The van der Waals surface area contributed by atoms with Crippen LogP contribution in [0.2, 0.25) is 0 Å². The molecule has 15 fully saturated rings.